The van der Waals surface area contributed by atoms with E-state index in [1.165, 1.54) is 19.3 Å². The van der Waals surface area contributed by atoms with Crippen molar-refractivity contribution in [3.63, 3.8) is 0 Å². The number of nitrogens with zero attached hydrogens (tertiary/aromatic N) is 3. The van der Waals surface area contributed by atoms with E-state index in [0.717, 1.165) is 24.4 Å². The summed E-state index contributed by atoms with van der Waals surface area (Å²) < 4.78 is 0. The zero-order valence-electron chi connectivity index (χ0n) is 12.6. The van der Waals surface area contributed by atoms with Crippen LogP contribution in [-0.2, 0) is 11.3 Å². The van der Waals surface area contributed by atoms with E-state index in [1.54, 1.807) is 0 Å². The van der Waals surface area contributed by atoms with Crippen LogP contribution in [0.4, 0.5) is 5.82 Å². The second-order valence-electron chi connectivity index (χ2n) is 5.73. The molecular formula is C15H24N4O. The molecule has 20 heavy (non-hydrogen) atoms. The molecule has 1 fully saturated rings. The topological polar surface area (TPSA) is 58.1 Å². The maximum absolute atomic E-state index is 12.1. The Balaban J connectivity index is 1.94. The number of nitrogens with one attached hydrogen (secondary N) is 1. The number of carbonyl (C=O) groups is 1. The number of amides is 1. The number of carbonyl (C=O) groups excluding carboxylic acids is 1. The first kappa shape index (κ1) is 14.8. The molecule has 1 heterocycles. The quantitative estimate of drug-likeness (QED) is 0.914. The molecule has 0 spiro atoms. The van der Waals surface area contributed by atoms with Gasteiger partial charge < -0.3 is 10.2 Å². The third-order valence-electron chi connectivity index (χ3n) is 3.74. The second-order valence-corrected chi connectivity index (χ2v) is 5.73. The lowest BCUT2D eigenvalue weighted by Crippen LogP contribution is -2.32. The standard InChI is InChI=1S/C15H24N4O/c1-11-9-14(19(2)3)18-13(17-11)10-16-15(20)12-7-5-4-6-8-12/h9,12H,4-8,10H2,1-3H3,(H,16,20). The van der Waals surface area contributed by atoms with Gasteiger partial charge in [-0.1, -0.05) is 19.3 Å². The monoisotopic (exact) mass is 276 g/mol. The maximum atomic E-state index is 12.1. The third-order valence-corrected chi connectivity index (χ3v) is 3.74. The molecule has 0 saturated heterocycles. The first-order valence-corrected chi connectivity index (χ1v) is 7.36. The van der Waals surface area contributed by atoms with Gasteiger partial charge in [-0.3, -0.25) is 4.79 Å². The summed E-state index contributed by atoms with van der Waals surface area (Å²) in [4.78, 5) is 22.9. The third kappa shape index (κ3) is 3.92. The summed E-state index contributed by atoms with van der Waals surface area (Å²) in [6.45, 7) is 2.36. The molecule has 1 aromatic heterocycles. The van der Waals surface area contributed by atoms with Crippen LogP contribution >= 0.6 is 0 Å². The van der Waals surface area contributed by atoms with E-state index < -0.39 is 0 Å². The maximum Gasteiger partial charge on any atom is 0.223 e. The Morgan fingerprint density at radius 3 is 2.65 bits per heavy atom. The fourth-order valence-corrected chi connectivity index (χ4v) is 2.60. The van der Waals surface area contributed by atoms with E-state index >= 15 is 0 Å². The highest BCUT2D eigenvalue weighted by atomic mass is 16.1. The van der Waals surface area contributed by atoms with Gasteiger partial charge in [0.25, 0.3) is 0 Å². The number of hydrogen-bond acceptors (Lipinski definition) is 4. The van der Waals surface area contributed by atoms with Crippen LogP contribution in [0, 0.1) is 12.8 Å². The number of aryl methyl sites for hydroxylation is 1. The fourth-order valence-electron chi connectivity index (χ4n) is 2.60. The van der Waals surface area contributed by atoms with Crippen LogP contribution in [0.25, 0.3) is 0 Å². The normalized spacial score (nSPS) is 15.9. The van der Waals surface area contributed by atoms with Gasteiger partial charge in [-0.15, -0.1) is 0 Å². The molecule has 1 saturated carbocycles. The summed E-state index contributed by atoms with van der Waals surface area (Å²) in [7, 11) is 3.90. The Kier molecular flexibility index (Phi) is 4.93. The molecule has 2 rings (SSSR count). The summed E-state index contributed by atoms with van der Waals surface area (Å²) in [6, 6.07) is 1.94. The lowest BCUT2D eigenvalue weighted by molar-refractivity contribution is -0.126. The van der Waals surface area contributed by atoms with E-state index in [1.807, 2.05) is 32.0 Å². The first-order valence-electron chi connectivity index (χ1n) is 7.36. The van der Waals surface area contributed by atoms with E-state index in [0.29, 0.717) is 12.4 Å². The molecule has 1 amide bonds. The van der Waals surface area contributed by atoms with Crippen molar-refractivity contribution in [1.29, 1.82) is 0 Å². The minimum Gasteiger partial charge on any atom is -0.363 e. The van der Waals surface area contributed by atoms with Crippen LogP contribution in [0.1, 0.15) is 43.6 Å². The van der Waals surface area contributed by atoms with Gasteiger partial charge in [-0.2, -0.15) is 0 Å². The van der Waals surface area contributed by atoms with Crippen molar-refractivity contribution < 1.29 is 4.79 Å². The summed E-state index contributed by atoms with van der Waals surface area (Å²) >= 11 is 0. The lowest BCUT2D eigenvalue weighted by Gasteiger charge is -2.20. The molecule has 0 bridgehead atoms. The molecule has 0 atom stereocenters. The van der Waals surface area contributed by atoms with Gasteiger partial charge in [0.2, 0.25) is 5.91 Å². The largest absolute Gasteiger partial charge is 0.363 e. The highest BCUT2D eigenvalue weighted by Crippen LogP contribution is 2.23. The molecule has 5 heteroatoms. The number of rotatable bonds is 4. The summed E-state index contributed by atoms with van der Waals surface area (Å²) in [5, 5.41) is 2.98. The second kappa shape index (κ2) is 6.68. The van der Waals surface area contributed by atoms with Crippen molar-refractivity contribution in [2.45, 2.75) is 45.6 Å². The Bertz CT molecular complexity index is 467. The average molecular weight is 276 g/mol. The van der Waals surface area contributed by atoms with Gasteiger partial charge in [-0.25, -0.2) is 9.97 Å². The average Bonchev–Trinajstić information content (AvgIpc) is 2.45. The molecular weight excluding hydrogens is 252 g/mol. The van der Waals surface area contributed by atoms with Gasteiger partial charge in [0.05, 0.1) is 6.54 Å². The van der Waals surface area contributed by atoms with Gasteiger partial charge in [0.1, 0.15) is 11.6 Å². The van der Waals surface area contributed by atoms with Crippen LogP contribution in [-0.4, -0.2) is 30.0 Å². The molecule has 0 unspecified atom stereocenters. The Hall–Kier alpha value is -1.65. The van der Waals surface area contributed by atoms with Crippen LogP contribution in [0.15, 0.2) is 6.07 Å². The van der Waals surface area contributed by atoms with Crippen LogP contribution < -0.4 is 10.2 Å². The van der Waals surface area contributed by atoms with Crippen molar-refractivity contribution in [2.24, 2.45) is 5.92 Å². The number of aromatic nitrogens is 2. The zero-order valence-corrected chi connectivity index (χ0v) is 12.6. The summed E-state index contributed by atoms with van der Waals surface area (Å²) in [6.07, 6.45) is 5.64. The summed E-state index contributed by atoms with van der Waals surface area (Å²) in [5.74, 6) is 1.89. The molecule has 110 valence electrons. The van der Waals surface area contributed by atoms with Gasteiger partial charge in [-0.05, 0) is 19.8 Å². The van der Waals surface area contributed by atoms with Gasteiger partial charge in [0, 0.05) is 31.8 Å². The molecule has 5 nitrogen and oxygen atoms in total. The molecule has 1 aliphatic rings. The number of anilines is 1. The van der Waals surface area contributed by atoms with E-state index in [4.69, 9.17) is 0 Å². The Morgan fingerprint density at radius 1 is 1.30 bits per heavy atom. The molecule has 1 aliphatic carbocycles. The number of hydrogen-bond donors (Lipinski definition) is 1. The van der Waals surface area contributed by atoms with E-state index in [9.17, 15) is 4.79 Å². The minimum atomic E-state index is 0.154. The predicted octanol–water partition coefficient (Wildman–Crippen LogP) is 2.05. The lowest BCUT2D eigenvalue weighted by atomic mass is 9.89. The first-order chi connectivity index (χ1) is 9.56. The van der Waals surface area contributed by atoms with Crippen LogP contribution in [0.5, 0.6) is 0 Å². The van der Waals surface area contributed by atoms with Crippen molar-refractivity contribution in [3.05, 3.63) is 17.6 Å². The Labute approximate surface area is 120 Å². The molecule has 1 N–H and O–H groups in total. The van der Waals surface area contributed by atoms with Crippen molar-refractivity contribution in [1.82, 2.24) is 15.3 Å². The van der Waals surface area contributed by atoms with E-state index in [2.05, 4.69) is 15.3 Å². The van der Waals surface area contributed by atoms with Gasteiger partial charge >= 0.3 is 0 Å². The fraction of sp³-hybridized carbons (Fsp3) is 0.667. The highest BCUT2D eigenvalue weighted by Gasteiger charge is 2.20. The molecule has 1 aromatic rings. The van der Waals surface area contributed by atoms with Crippen molar-refractivity contribution >= 4 is 11.7 Å². The van der Waals surface area contributed by atoms with Gasteiger partial charge in [0.15, 0.2) is 0 Å². The SMILES string of the molecule is Cc1cc(N(C)C)nc(CNC(=O)C2CCCCC2)n1. The molecule has 0 aliphatic heterocycles. The Morgan fingerprint density at radius 2 is 2.00 bits per heavy atom. The molecule has 0 radical (unpaired) electrons. The van der Waals surface area contributed by atoms with Crippen molar-refractivity contribution in [3.8, 4) is 0 Å². The van der Waals surface area contributed by atoms with Crippen molar-refractivity contribution in [2.75, 3.05) is 19.0 Å². The predicted molar refractivity (Wildman–Crippen MR) is 79.5 cm³/mol. The minimum absolute atomic E-state index is 0.154. The smallest absolute Gasteiger partial charge is 0.223 e. The van der Waals surface area contributed by atoms with E-state index in [-0.39, 0.29) is 11.8 Å². The van der Waals surface area contributed by atoms with Crippen LogP contribution in [0.3, 0.4) is 0 Å². The van der Waals surface area contributed by atoms with Crippen LogP contribution in [0.2, 0.25) is 0 Å². The zero-order chi connectivity index (χ0) is 14.5. The summed E-state index contributed by atoms with van der Waals surface area (Å²) in [5.41, 5.74) is 0.922. The highest BCUT2D eigenvalue weighted by molar-refractivity contribution is 5.78. The molecule has 0 aromatic carbocycles.